The smallest absolute Gasteiger partial charge is 0.163 e. The van der Waals surface area contributed by atoms with E-state index in [9.17, 15) is 4.39 Å². The Balaban J connectivity index is 2.19. The monoisotopic (exact) mass is 306 g/mol. The van der Waals surface area contributed by atoms with Gasteiger partial charge < -0.3 is 14.5 Å². The van der Waals surface area contributed by atoms with E-state index in [-0.39, 0.29) is 5.02 Å². The Bertz CT molecular complexity index is 776. The number of ether oxygens (including phenoxy) is 2. The van der Waals surface area contributed by atoms with Crippen molar-refractivity contribution in [1.29, 1.82) is 0 Å². The van der Waals surface area contributed by atoms with Gasteiger partial charge in [-0.05, 0) is 12.1 Å². The van der Waals surface area contributed by atoms with Crippen LogP contribution in [0.25, 0.3) is 22.4 Å². The molecule has 6 heteroatoms. The second-order valence-electron chi connectivity index (χ2n) is 4.41. The van der Waals surface area contributed by atoms with E-state index < -0.39 is 5.82 Å². The van der Waals surface area contributed by atoms with Crippen molar-refractivity contribution in [3.63, 3.8) is 0 Å². The number of hydrogen-bond acceptors (Lipinski definition) is 3. The van der Waals surface area contributed by atoms with E-state index in [0.717, 1.165) is 5.52 Å². The van der Waals surface area contributed by atoms with Gasteiger partial charge in [-0.1, -0.05) is 17.7 Å². The average molecular weight is 307 g/mol. The van der Waals surface area contributed by atoms with E-state index in [4.69, 9.17) is 21.1 Å². The summed E-state index contributed by atoms with van der Waals surface area (Å²) >= 11 is 5.99. The molecule has 0 amide bonds. The molecule has 3 rings (SSSR count). The lowest BCUT2D eigenvalue weighted by Crippen LogP contribution is -1.89. The van der Waals surface area contributed by atoms with Gasteiger partial charge in [-0.25, -0.2) is 9.37 Å². The number of nitrogens with one attached hydrogen (secondary N) is 1. The zero-order chi connectivity index (χ0) is 15.0. The zero-order valence-electron chi connectivity index (χ0n) is 11.4. The fourth-order valence-corrected chi connectivity index (χ4v) is 2.37. The Morgan fingerprint density at radius 1 is 1.14 bits per heavy atom. The number of H-pyrrole nitrogens is 1. The summed E-state index contributed by atoms with van der Waals surface area (Å²) in [6.07, 6.45) is 0. The minimum absolute atomic E-state index is 0.0375. The molecule has 0 saturated carbocycles. The summed E-state index contributed by atoms with van der Waals surface area (Å²) in [5.74, 6) is 1.17. The molecule has 1 N–H and O–H groups in total. The largest absolute Gasteiger partial charge is 0.493 e. The molecule has 1 heterocycles. The second kappa shape index (κ2) is 5.26. The normalized spacial score (nSPS) is 10.9. The van der Waals surface area contributed by atoms with Gasteiger partial charge in [-0.2, -0.15) is 0 Å². The fourth-order valence-electron chi connectivity index (χ4n) is 2.15. The summed E-state index contributed by atoms with van der Waals surface area (Å²) in [5, 5.41) is 0.0375. The van der Waals surface area contributed by atoms with Crippen LogP contribution in [0.2, 0.25) is 5.02 Å². The molecule has 0 aliphatic rings. The number of fused-ring (bicyclic) bond motifs is 1. The Hall–Kier alpha value is -2.27. The van der Waals surface area contributed by atoms with Crippen molar-refractivity contribution in [3.8, 4) is 22.9 Å². The molecule has 3 aromatic rings. The highest BCUT2D eigenvalue weighted by Crippen LogP contribution is 2.34. The van der Waals surface area contributed by atoms with Gasteiger partial charge in [0.1, 0.15) is 11.6 Å². The molecule has 0 bridgehead atoms. The molecule has 0 aliphatic heterocycles. The first-order chi connectivity index (χ1) is 10.1. The van der Waals surface area contributed by atoms with Crippen LogP contribution in [0.4, 0.5) is 4.39 Å². The van der Waals surface area contributed by atoms with Gasteiger partial charge in [0.05, 0.1) is 30.3 Å². The third kappa shape index (κ3) is 2.29. The zero-order valence-corrected chi connectivity index (χ0v) is 12.2. The van der Waals surface area contributed by atoms with E-state index in [0.29, 0.717) is 28.4 Å². The molecule has 0 saturated heterocycles. The molecule has 0 radical (unpaired) electrons. The van der Waals surface area contributed by atoms with Crippen LogP contribution in [0, 0.1) is 5.82 Å². The number of aromatic amines is 1. The Morgan fingerprint density at radius 2 is 1.86 bits per heavy atom. The molecule has 0 fully saturated rings. The number of imidazole rings is 1. The van der Waals surface area contributed by atoms with Gasteiger partial charge in [0.25, 0.3) is 0 Å². The first-order valence-corrected chi connectivity index (χ1v) is 6.58. The van der Waals surface area contributed by atoms with Crippen molar-refractivity contribution in [2.24, 2.45) is 0 Å². The highest BCUT2D eigenvalue weighted by Gasteiger charge is 2.14. The SMILES string of the molecule is COc1cc2nc(-c3cccc(F)c3Cl)[nH]c2cc1OC. The second-order valence-corrected chi connectivity index (χ2v) is 4.79. The minimum Gasteiger partial charge on any atom is -0.493 e. The van der Waals surface area contributed by atoms with Crippen molar-refractivity contribution < 1.29 is 13.9 Å². The fraction of sp³-hybridized carbons (Fsp3) is 0.133. The van der Waals surface area contributed by atoms with Crippen LogP contribution in [0.15, 0.2) is 30.3 Å². The highest BCUT2D eigenvalue weighted by molar-refractivity contribution is 6.33. The van der Waals surface area contributed by atoms with Crippen LogP contribution in [0.1, 0.15) is 0 Å². The Morgan fingerprint density at radius 3 is 2.57 bits per heavy atom. The van der Waals surface area contributed by atoms with E-state index in [1.807, 2.05) is 0 Å². The predicted molar refractivity (Wildman–Crippen MR) is 79.6 cm³/mol. The maximum absolute atomic E-state index is 13.5. The van der Waals surface area contributed by atoms with Gasteiger partial charge in [0.15, 0.2) is 11.5 Å². The first-order valence-electron chi connectivity index (χ1n) is 6.20. The standard InChI is InChI=1S/C15H12ClFN2O2/c1-20-12-6-10-11(7-13(12)21-2)19-15(18-10)8-4-3-5-9(17)14(8)16/h3-7H,1-2H3,(H,18,19). The number of methoxy groups -OCH3 is 2. The molecule has 4 nitrogen and oxygen atoms in total. The topological polar surface area (TPSA) is 47.1 Å². The Kier molecular flexibility index (Phi) is 3.43. The van der Waals surface area contributed by atoms with E-state index in [2.05, 4.69) is 9.97 Å². The lowest BCUT2D eigenvalue weighted by molar-refractivity contribution is 0.356. The van der Waals surface area contributed by atoms with Crippen molar-refractivity contribution in [3.05, 3.63) is 41.2 Å². The first kappa shape index (κ1) is 13.7. The van der Waals surface area contributed by atoms with Crippen molar-refractivity contribution in [2.45, 2.75) is 0 Å². The number of nitrogens with zero attached hydrogens (tertiary/aromatic N) is 1. The average Bonchev–Trinajstić information content (AvgIpc) is 2.90. The maximum Gasteiger partial charge on any atom is 0.163 e. The van der Waals surface area contributed by atoms with E-state index in [1.165, 1.54) is 6.07 Å². The summed E-state index contributed by atoms with van der Waals surface area (Å²) in [4.78, 5) is 7.53. The van der Waals surface area contributed by atoms with Gasteiger partial charge in [-0.15, -0.1) is 0 Å². The van der Waals surface area contributed by atoms with E-state index in [1.54, 1.807) is 38.5 Å². The van der Waals surface area contributed by atoms with Crippen LogP contribution in [0.5, 0.6) is 11.5 Å². The molecule has 0 aliphatic carbocycles. The maximum atomic E-state index is 13.5. The Labute approximate surface area is 125 Å². The molecule has 2 aromatic carbocycles. The molecule has 1 aromatic heterocycles. The molecule has 0 atom stereocenters. The van der Waals surface area contributed by atoms with Crippen molar-refractivity contribution in [1.82, 2.24) is 9.97 Å². The van der Waals surface area contributed by atoms with Gasteiger partial charge in [0, 0.05) is 17.7 Å². The van der Waals surface area contributed by atoms with Gasteiger partial charge in [0.2, 0.25) is 0 Å². The summed E-state index contributed by atoms with van der Waals surface area (Å²) in [6.45, 7) is 0. The number of benzene rings is 2. The molecular formula is C15H12ClFN2O2. The third-order valence-corrected chi connectivity index (χ3v) is 3.58. The van der Waals surface area contributed by atoms with E-state index >= 15 is 0 Å². The quantitative estimate of drug-likeness (QED) is 0.794. The lowest BCUT2D eigenvalue weighted by Gasteiger charge is -2.06. The minimum atomic E-state index is -0.482. The molecule has 0 unspecified atom stereocenters. The summed E-state index contributed by atoms with van der Waals surface area (Å²) in [5.41, 5.74) is 1.94. The summed E-state index contributed by atoms with van der Waals surface area (Å²) in [7, 11) is 3.12. The van der Waals surface area contributed by atoms with Crippen LogP contribution in [0.3, 0.4) is 0 Å². The molecule has 108 valence electrons. The van der Waals surface area contributed by atoms with Crippen molar-refractivity contribution in [2.75, 3.05) is 14.2 Å². The van der Waals surface area contributed by atoms with Crippen LogP contribution < -0.4 is 9.47 Å². The summed E-state index contributed by atoms with van der Waals surface area (Å²) < 4.78 is 24.0. The third-order valence-electron chi connectivity index (χ3n) is 3.19. The molecule has 0 spiro atoms. The predicted octanol–water partition coefficient (Wildman–Crippen LogP) is 4.04. The number of rotatable bonds is 3. The summed E-state index contributed by atoms with van der Waals surface area (Å²) in [6, 6.07) is 8.13. The van der Waals surface area contributed by atoms with Crippen LogP contribution in [-0.2, 0) is 0 Å². The van der Waals surface area contributed by atoms with Gasteiger partial charge in [-0.3, -0.25) is 0 Å². The van der Waals surface area contributed by atoms with Crippen LogP contribution >= 0.6 is 11.6 Å². The van der Waals surface area contributed by atoms with Crippen LogP contribution in [-0.4, -0.2) is 24.2 Å². The van der Waals surface area contributed by atoms with Crippen molar-refractivity contribution >= 4 is 22.6 Å². The number of aromatic nitrogens is 2. The van der Waals surface area contributed by atoms with Gasteiger partial charge >= 0.3 is 0 Å². The highest BCUT2D eigenvalue weighted by atomic mass is 35.5. The number of halogens is 2. The lowest BCUT2D eigenvalue weighted by atomic mass is 10.2. The molecular weight excluding hydrogens is 295 g/mol. The molecule has 21 heavy (non-hydrogen) atoms. The number of hydrogen-bond donors (Lipinski definition) is 1.